The summed E-state index contributed by atoms with van der Waals surface area (Å²) in [6.45, 7) is 0. The molecular weight excluding hydrogens is 248 g/mol. The predicted octanol–water partition coefficient (Wildman–Crippen LogP) is 3.56. The third-order valence-corrected chi connectivity index (χ3v) is 3.96. The van der Waals surface area contributed by atoms with Gasteiger partial charge in [-0.3, -0.25) is 0 Å². The van der Waals surface area contributed by atoms with E-state index in [2.05, 4.69) is 25.9 Å². The molecule has 0 spiro atoms. The number of aromatic amines is 1. The summed E-state index contributed by atoms with van der Waals surface area (Å²) >= 11 is 8.59. The molecule has 0 aromatic carbocycles. The molecule has 1 fully saturated rings. The van der Waals surface area contributed by atoms with E-state index in [-0.39, 0.29) is 0 Å². The molecule has 1 aromatic rings. The number of aromatic nitrogens is 2. The number of H-pyrrole nitrogens is 1. The summed E-state index contributed by atoms with van der Waals surface area (Å²) < 4.78 is 1.65. The van der Waals surface area contributed by atoms with Gasteiger partial charge in [-0.2, -0.15) is 0 Å². The van der Waals surface area contributed by atoms with E-state index < -0.39 is 0 Å². The normalized spacial score (nSPS) is 17.9. The summed E-state index contributed by atoms with van der Waals surface area (Å²) in [5.74, 6) is 0.652. The van der Waals surface area contributed by atoms with E-state index in [0.29, 0.717) is 10.6 Å². The summed E-state index contributed by atoms with van der Waals surface area (Å²) in [7, 11) is 0. The molecule has 1 aliphatic carbocycles. The lowest BCUT2D eigenvalue weighted by Gasteiger charge is -2.10. The second-order valence-electron chi connectivity index (χ2n) is 3.42. The molecule has 0 aliphatic heterocycles. The van der Waals surface area contributed by atoms with E-state index in [1.165, 1.54) is 31.4 Å². The zero-order chi connectivity index (χ0) is 9.26. The molecule has 2 nitrogen and oxygen atoms in total. The minimum atomic E-state index is 0.652. The van der Waals surface area contributed by atoms with Gasteiger partial charge in [0.15, 0.2) is 0 Å². The first kappa shape index (κ1) is 9.34. The monoisotopic (exact) mass is 258 g/mol. The highest BCUT2D eigenvalue weighted by atomic mass is 79.9. The third kappa shape index (κ3) is 1.83. The SMILES string of the molecule is S=c1nc[nH]c(C2CCCC2)c1Br. The van der Waals surface area contributed by atoms with Crippen molar-refractivity contribution in [3.8, 4) is 0 Å². The molecule has 1 N–H and O–H groups in total. The van der Waals surface area contributed by atoms with Gasteiger partial charge < -0.3 is 4.98 Å². The molecule has 1 aromatic heterocycles. The Balaban J connectivity index is 2.39. The van der Waals surface area contributed by atoms with Crippen molar-refractivity contribution in [1.82, 2.24) is 9.97 Å². The van der Waals surface area contributed by atoms with E-state index in [4.69, 9.17) is 12.2 Å². The summed E-state index contributed by atoms with van der Waals surface area (Å²) in [6, 6.07) is 0. The number of nitrogens with zero attached hydrogens (tertiary/aromatic N) is 1. The first-order valence-electron chi connectivity index (χ1n) is 4.52. The van der Waals surface area contributed by atoms with Crippen molar-refractivity contribution in [2.45, 2.75) is 31.6 Å². The number of halogens is 1. The molecule has 0 unspecified atom stereocenters. The highest BCUT2D eigenvalue weighted by molar-refractivity contribution is 9.10. The van der Waals surface area contributed by atoms with E-state index in [0.717, 1.165) is 4.47 Å². The van der Waals surface area contributed by atoms with Crippen LogP contribution in [0.15, 0.2) is 10.8 Å². The van der Waals surface area contributed by atoms with Crippen molar-refractivity contribution in [1.29, 1.82) is 0 Å². The summed E-state index contributed by atoms with van der Waals surface area (Å²) in [5, 5.41) is 0. The zero-order valence-electron chi connectivity index (χ0n) is 7.22. The van der Waals surface area contributed by atoms with Gasteiger partial charge in [0.05, 0.1) is 10.8 Å². The van der Waals surface area contributed by atoms with Gasteiger partial charge in [-0.25, -0.2) is 4.98 Å². The quantitative estimate of drug-likeness (QED) is 0.781. The van der Waals surface area contributed by atoms with E-state index >= 15 is 0 Å². The Morgan fingerprint density at radius 2 is 2.15 bits per heavy atom. The van der Waals surface area contributed by atoms with Crippen LogP contribution in [0.5, 0.6) is 0 Å². The van der Waals surface area contributed by atoms with Crippen LogP contribution in [0.3, 0.4) is 0 Å². The Morgan fingerprint density at radius 1 is 1.46 bits per heavy atom. The van der Waals surface area contributed by atoms with E-state index in [9.17, 15) is 0 Å². The van der Waals surface area contributed by atoms with Crippen molar-refractivity contribution < 1.29 is 0 Å². The van der Waals surface area contributed by atoms with Crippen LogP contribution in [-0.2, 0) is 0 Å². The highest BCUT2D eigenvalue weighted by Crippen LogP contribution is 2.36. The molecule has 0 bridgehead atoms. The van der Waals surface area contributed by atoms with Gasteiger partial charge in [0.1, 0.15) is 4.64 Å². The topological polar surface area (TPSA) is 28.7 Å². The molecule has 4 heteroatoms. The molecule has 0 atom stereocenters. The van der Waals surface area contributed by atoms with Crippen molar-refractivity contribution in [2.75, 3.05) is 0 Å². The van der Waals surface area contributed by atoms with E-state index in [1.807, 2.05) is 0 Å². The minimum Gasteiger partial charge on any atom is -0.348 e. The van der Waals surface area contributed by atoms with Gasteiger partial charge in [0, 0.05) is 11.6 Å². The van der Waals surface area contributed by atoms with Gasteiger partial charge in [-0.1, -0.05) is 25.1 Å². The maximum absolute atomic E-state index is 5.10. The Bertz CT molecular complexity index is 355. The van der Waals surface area contributed by atoms with Gasteiger partial charge in [0.25, 0.3) is 0 Å². The van der Waals surface area contributed by atoms with Crippen molar-refractivity contribution in [3.63, 3.8) is 0 Å². The Kier molecular flexibility index (Phi) is 2.79. The lowest BCUT2D eigenvalue weighted by molar-refractivity contribution is 0.688. The average molecular weight is 259 g/mol. The fraction of sp³-hybridized carbons (Fsp3) is 0.556. The van der Waals surface area contributed by atoms with Gasteiger partial charge in [-0.15, -0.1) is 0 Å². The molecule has 0 saturated heterocycles. The van der Waals surface area contributed by atoms with Crippen LogP contribution in [0.1, 0.15) is 37.3 Å². The maximum atomic E-state index is 5.10. The van der Waals surface area contributed by atoms with Crippen LogP contribution in [0.2, 0.25) is 0 Å². The second kappa shape index (κ2) is 3.88. The first-order valence-corrected chi connectivity index (χ1v) is 5.72. The third-order valence-electron chi connectivity index (χ3n) is 2.59. The molecule has 0 amide bonds. The standard InChI is InChI=1S/C9H11BrN2S/c10-7-8(6-3-1-2-4-6)11-5-12-9(7)13/h5-6H,1-4H2,(H,11,12,13). The van der Waals surface area contributed by atoms with Crippen LogP contribution >= 0.6 is 28.1 Å². The molecule has 1 saturated carbocycles. The van der Waals surface area contributed by atoms with Crippen LogP contribution in [0.4, 0.5) is 0 Å². The Labute approximate surface area is 90.9 Å². The first-order chi connectivity index (χ1) is 6.29. The van der Waals surface area contributed by atoms with Crippen LogP contribution in [0, 0.1) is 4.64 Å². The average Bonchev–Trinajstić information content (AvgIpc) is 2.62. The second-order valence-corrected chi connectivity index (χ2v) is 4.60. The summed E-state index contributed by atoms with van der Waals surface area (Å²) in [6.07, 6.45) is 6.91. The minimum absolute atomic E-state index is 0.652. The lowest BCUT2D eigenvalue weighted by atomic mass is 10.0. The number of rotatable bonds is 1. The maximum Gasteiger partial charge on any atom is 0.143 e. The molecular formula is C9H11BrN2S. The number of hydrogen-bond acceptors (Lipinski definition) is 2. The number of hydrogen-bond donors (Lipinski definition) is 1. The molecule has 13 heavy (non-hydrogen) atoms. The lowest BCUT2D eigenvalue weighted by Crippen LogP contribution is -1.98. The van der Waals surface area contributed by atoms with Gasteiger partial charge >= 0.3 is 0 Å². The zero-order valence-corrected chi connectivity index (χ0v) is 9.62. The Hall–Kier alpha value is -0.220. The van der Waals surface area contributed by atoms with Crippen LogP contribution in [0.25, 0.3) is 0 Å². The van der Waals surface area contributed by atoms with Crippen molar-refractivity contribution in [3.05, 3.63) is 21.1 Å². The van der Waals surface area contributed by atoms with Gasteiger partial charge in [0.2, 0.25) is 0 Å². The smallest absolute Gasteiger partial charge is 0.143 e. The van der Waals surface area contributed by atoms with Gasteiger partial charge in [-0.05, 0) is 28.8 Å². The van der Waals surface area contributed by atoms with E-state index in [1.54, 1.807) is 6.33 Å². The van der Waals surface area contributed by atoms with Crippen LogP contribution in [-0.4, -0.2) is 9.97 Å². The largest absolute Gasteiger partial charge is 0.348 e. The molecule has 1 heterocycles. The highest BCUT2D eigenvalue weighted by Gasteiger charge is 2.20. The molecule has 1 aliphatic rings. The predicted molar refractivity (Wildman–Crippen MR) is 58.3 cm³/mol. The summed E-state index contributed by atoms with van der Waals surface area (Å²) in [5.41, 5.74) is 1.23. The van der Waals surface area contributed by atoms with Crippen molar-refractivity contribution in [2.24, 2.45) is 0 Å². The molecule has 0 radical (unpaired) electrons. The summed E-state index contributed by atoms with van der Waals surface area (Å²) in [4.78, 5) is 7.22. The molecule has 70 valence electrons. The fourth-order valence-electron chi connectivity index (χ4n) is 1.91. The van der Waals surface area contributed by atoms with Crippen molar-refractivity contribution >= 4 is 28.1 Å². The molecule has 2 rings (SSSR count). The fourth-order valence-corrected chi connectivity index (χ4v) is 2.61. The van der Waals surface area contributed by atoms with Crippen LogP contribution < -0.4 is 0 Å². The Morgan fingerprint density at radius 3 is 2.85 bits per heavy atom. The number of nitrogens with one attached hydrogen (secondary N) is 1.